The molecule has 1 aromatic rings. The molecular weight excluding hydrogens is 538 g/mol. The Morgan fingerprint density at radius 3 is 1.90 bits per heavy atom. The van der Waals surface area contributed by atoms with Crippen LogP contribution in [0.15, 0.2) is 18.2 Å². The molecule has 0 aromatic heterocycles. The van der Waals surface area contributed by atoms with E-state index in [2.05, 4.69) is 0 Å². The summed E-state index contributed by atoms with van der Waals surface area (Å²) in [7, 11) is 0. The number of hydrogen-bond donors (Lipinski definition) is 2. The van der Waals surface area contributed by atoms with Gasteiger partial charge in [0.2, 0.25) is 0 Å². The van der Waals surface area contributed by atoms with Crippen LogP contribution in [0, 0.1) is 0 Å². The van der Waals surface area contributed by atoms with E-state index in [1.54, 1.807) is 27.7 Å². The minimum absolute atomic E-state index is 0.151. The lowest BCUT2D eigenvalue weighted by Gasteiger charge is -2.28. The van der Waals surface area contributed by atoms with Crippen molar-refractivity contribution in [3.63, 3.8) is 0 Å². The summed E-state index contributed by atoms with van der Waals surface area (Å²) in [5.74, 6) is -1.70. The van der Waals surface area contributed by atoms with Gasteiger partial charge in [0, 0.05) is 12.8 Å². The zero-order valence-corrected chi connectivity index (χ0v) is 25.4. The molecule has 0 saturated carbocycles. The Hall–Kier alpha value is -3.54. The van der Waals surface area contributed by atoms with Gasteiger partial charge < -0.3 is 39.3 Å². The van der Waals surface area contributed by atoms with Gasteiger partial charge in [-0.3, -0.25) is 4.79 Å². The molecule has 2 atom stereocenters. The zero-order chi connectivity index (χ0) is 31.4. The molecule has 0 aliphatic heterocycles. The summed E-state index contributed by atoms with van der Waals surface area (Å²) in [4.78, 5) is 49.1. The maximum atomic E-state index is 12.6. The van der Waals surface area contributed by atoms with Crippen molar-refractivity contribution in [3.05, 3.63) is 23.8 Å². The smallest absolute Gasteiger partial charge is 0.480 e. The average molecular weight is 584 g/mol. The second-order valence-electron chi connectivity index (χ2n) is 11.1. The lowest BCUT2D eigenvalue weighted by atomic mass is 9.86. The highest BCUT2D eigenvalue weighted by molar-refractivity contribution is 5.79. The fourth-order valence-corrected chi connectivity index (χ4v) is 3.30. The quantitative estimate of drug-likeness (QED) is 0.105. The number of ether oxygens (including phenoxy) is 6. The number of carboxylic acids is 1. The van der Waals surface area contributed by atoms with E-state index < -0.39 is 47.3 Å². The molecule has 0 spiro atoms. The van der Waals surface area contributed by atoms with Crippen molar-refractivity contribution in [1.29, 1.82) is 0 Å². The summed E-state index contributed by atoms with van der Waals surface area (Å²) in [6.45, 7) is 14.1. The standard InChI is InChI=1S/C29H45NO11/c1-9-12-15-36-24(33)37-19(4)17-29(30,23(31)32)18-20-13-14-21(38-25(34)40-27(5,6)10-2)22(16-20)39-26(35)41-28(7,8)11-3/h13-14,16,19H,9-12,15,17-18,30H2,1-8H3,(H,31,32)/t19-,29?/m0/s1. The van der Waals surface area contributed by atoms with Gasteiger partial charge in [-0.1, -0.05) is 33.3 Å². The van der Waals surface area contributed by atoms with Gasteiger partial charge in [0.1, 0.15) is 22.8 Å². The first-order valence-corrected chi connectivity index (χ1v) is 13.8. The zero-order valence-electron chi connectivity index (χ0n) is 25.4. The average Bonchev–Trinajstić information content (AvgIpc) is 2.84. The van der Waals surface area contributed by atoms with Crippen molar-refractivity contribution in [1.82, 2.24) is 0 Å². The van der Waals surface area contributed by atoms with Crippen molar-refractivity contribution in [2.75, 3.05) is 6.61 Å². The molecule has 12 nitrogen and oxygen atoms in total. The van der Waals surface area contributed by atoms with E-state index in [0.717, 1.165) is 6.42 Å². The highest BCUT2D eigenvalue weighted by Gasteiger charge is 2.37. The normalized spacial score (nSPS) is 13.8. The Balaban J connectivity index is 3.22. The summed E-state index contributed by atoms with van der Waals surface area (Å²) in [5.41, 5.74) is 3.08. The van der Waals surface area contributed by atoms with Gasteiger partial charge in [-0.25, -0.2) is 14.4 Å². The van der Waals surface area contributed by atoms with Crippen LogP contribution < -0.4 is 15.2 Å². The van der Waals surface area contributed by atoms with E-state index in [-0.39, 0.29) is 30.9 Å². The third kappa shape index (κ3) is 12.7. The van der Waals surface area contributed by atoms with Gasteiger partial charge >= 0.3 is 24.4 Å². The van der Waals surface area contributed by atoms with Gasteiger partial charge in [-0.15, -0.1) is 0 Å². The number of nitrogens with two attached hydrogens (primary N) is 1. The first-order chi connectivity index (χ1) is 19.0. The fraction of sp³-hybridized carbons (Fsp3) is 0.655. The second-order valence-corrected chi connectivity index (χ2v) is 11.1. The molecule has 232 valence electrons. The monoisotopic (exact) mass is 583 g/mol. The van der Waals surface area contributed by atoms with E-state index in [4.69, 9.17) is 34.2 Å². The minimum Gasteiger partial charge on any atom is -0.480 e. The molecule has 0 saturated heterocycles. The number of benzene rings is 1. The molecule has 0 amide bonds. The maximum absolute atomic E-state index is 12.6. The van der Waals surface area contributed by atoms with Crippen molar-refractivity contribution in [2.45, 2.75) is 117 Å². The predicted octanol–water partition coefficient (Wildman–Crippen LogP) is 6.15. The molecule has 1 aromatic carbocycles. The van der Waals surface area contributed by atoms with Crippen LogP contribution in [0.2, 0.25) is 0 Å². The Labute approximate surface area is 241 Å². The first-order valence-electron chi connectivity index (χ1n) is 13.8. The highest BCUT2D eigenvalue weighted by atomic mass is 16.8. The fourth-order valence-electron chi connectivity index (χ4n) is 3.30. The van der Waals surface area contributed by atoms with Crippen LogP contribution in [0.1, 0.15) is 93.1 Å². The minimum atomic E-state index is -1.88. The molecule has 3 N–H and O–H groups in total. The number of hydrogen-bond acceptors (Lipinski definition) is 11. The number of carboxylic acid groups (broad SMARTS) is 1. The Morgan fingerprint density at radius 2 is 1.41 bits per heavy atom. The Bertz CT molecular complexity index is 1050. The SMILES string of the molecule is CCCCOC(=O)O[C@@H](C)CC(N)(Cc1ccc(OC(=O)OC(C)(C)CC)c(OC(=O)OC(C)(C)CC)c1)C(=O)O. The molecule has 0 aliphatic rings. The molecule has 1 rings (SSSR count). The highest BCUT2D eigenvalue weighted by Crippen LogP contribution is 2.32. The van der Waals surface area contributed by atoms with Crippen LogP contribution in [0.25, 0.3) is 0 Å². The van der Waals surface area contributed by atoms with Crippen LogP contribution >= 0.6 is 0 Å². The van der Waals surface area contributed by atoms with Gasteiger partial charge in [0.05, 0.1) is 6.61 Å². The number of rotatable bonds is 15. The summed E-state index contributed by atoms with van der Waals surface area (Å²) < 4.78 is 31.5. The lowest BCUT2D eigenvalue weighted by Crippen LogP contribution is -2.52. The largest absolute Gasteiger partial charge is 0.514 e. The van der Waals surface area contributed by atoms with E-state index in [1.807, 2.05) is 20.8 Å². The molecular formula is C29H45NO11. The molecule has 0 heterocycles. The van der Waals surface area contributed by atoms with E-state index in [9.17, 15) is 24.3 Å². The Kier molecular flexibility index (Phi) is 13.4. The summed E-state index contributed by atoms with van der Waals surface area (Å²) in [5, 5.41) is 9.94. The number of unbranched alkanes of at least 4 members (excludes halogenated alkanes) is 1. The van der Waals surface area contributed by atoms with Crippen LogP contribution in [0.4, 0.5) is 14.4 Å². The third-order valence-electron chi connectivity index (χ3n) is 6.43. The number of aliphatic carboxylic acids is 1. The van der Waals surface area contributed by atoms with Crippen LogP contribution in [-0.2, 0) is 30.2 Å². The van der Waals surface area contributed by atoms with Gasteiger partial charge in [0.25, 0.3) is 0 Å². The first kappa shape index (κ1) is 35.5. The summed E-state index contributed by atoms with van der Waals surface area (Å²) in [6, 6.07) is 4.12. The lowest BCUT2D eigenvalue weighted by molar-refractivity contribution is -0.144. The van der Waals surface area contributed by atoms with Crippen molar-refractivity contribution in [2.24, 2.45) is 5.73 Å². The van der Waals surface area contributed by atoms with Gasteiger partial charge in [-0.05, 0) is 71.6 Å². The molecule has 0 aliphatic carbocycles. The molecule has 41 heavy (non-hydrogen) atoms. The van der Waals surface area contributed by atoms with E-state index in [1.165, 1.54) is 25.1 Å². The van der Waals surface area contributed by atoms with Crippen LogP contribution in [0.5, 0.6) is 11.5 Å². The second kappa shape index (κ2) is 15.5. The van der Waals surface area contributed by atoms with Crippen molar-refractivity contribution in [3.8, 4) is 11.5 Å². The predicted molar refractivity (Wildman–Crippen MR) is 149 cm³/mol. The van der Waals surface area contributed by atoms with Crippen molar-refractivity contribution < 1.29 is 52.7 Å². The van der Waals surface area contributed by atoms with Crippen LogP contribution in [0.3, 0.4) is 0 Å². The number of carbonyl (C=O) groups excluding carboxylic acids is 3. The summed E-state index contributed by atoms with van der Waals surface area (Å²) in [6.07, 6.45) is -1.84. The number of carbonyl (C=O) groups is 4. The van der Waals surface area contributed by atoms with E-state index in [0.29, 0.717) is 24.8 Å². The van der Waals surface area contributed by atoms with Crippen molar-refractivity contribution >= 4 is 24.4 Å². The topological polar surface area (TPSA) is 170 Å². The van der Waals surface area contributed by atoms with Gasteiger partial charge in [0.15, 0.2) is 11.5 Å². The van der Waals surface area contributed by atoms with Gasteiger partial charge in [-0.2, -0.15) is 0 Å². The summed E-state index contributed by atoms with van der Waals surface area (Å²) >= 11 is 0. The molecule has 0 fully saturated rings. The molecule has 0 bridgehead atoms. The molecule has 1 unspecified atom stereocenters. The third-order valence-corrected chi connectivity index (χ3v) is 6.43. The maximum Gasteiger partial charge on any atom is 0.514 e. The van der Waals surface area contributed by atoms with E-state index >= 15 is 0 Å². The molecule has 0 radical (unpaired) electrons. The Morgan fingerprint density at radius 1 is 0.878 bits per heavy atom. The molecule has 12 heteroatoms. The van der Waals surface area contributed by atoms with Crippen LogP contribution in [-0.4, -0.2) is 59.0 Å².